The van der Waals surface area contributed by atoms with Crippen LogP contribution in [0.5, 0.6) is 0 Å². The lowest BCUT2D eigenvalue weighted by atomic mass is 9.90. The Morgan fingerprint density at radius 3 is 2.53 bits per heavy atom. The normalized spacial score (nSPS) is 11.8. The Balaban J connectivity index is 2.49. The fraction of sp³-hybridized carbons (Fsp3) is 0.133. The van der Waals surface area contributed by atoms with E-state index in [2.05, 4.69) is 6.07 Å². The molecule has 2 rings (SSSR count). The van der Waals surface area contributed by atoms with Crippen molar-refractivity contribution in [2.75, 3.05) is 0 Å². The summed E-state index contributed by atoms with van der Waals surface area (Å²) in [6.07, 6.45) is 0. The number of hydrogen-bond donors (Lipinski definition) is 0. The van der Waals surface area contributed by atoms with Gasteiger partial charge in [-0.15, -0.1) is 0 Å². The van der Waals surface area contributed by atoms with Gasteiger partial charge in [-0.05, 0) is 35.7 Å². The van der Waals surface area contributed by atoms with Gasteiger partial charge in [0.05, 0.1) is 12.0 Å². The van der Waals surface area contributed by atoms with E-state index >= 15 is 0 Å². The van der Waals surface area contributed by atoms with Crippen molar-refractivity contribution < 1.29 is 0 Å². The lowest BCUT2D eigenvalue weighted by Gasteiger charge is -2.12. The molecule has 0 aliphatic heterocycles. The highest BCUT2D eigenvalue weighted by atomic mass is 35.5. The van der Waals surface area contributed by atoms with Crippen molar-refractivity contribution in [3.63, 3.8) is 0 Å². The van der Waals surface area contributed by atoms with Crippen LogP contribution in [-0.2, 0) is 0 Å². The van der Waals surface area contributed by atoms with Crippen molar-refractivity contribution in [2.45, 2.75) is 12.8 Å². The molecule has 84 valence electrons. The molecule has 0 radical (unpaired) electrons. The Morgan fingerprint density at radius 1 is 1.12 bits per heavy atom. The number of aryl methyl sites for hydroxylation is 1. The van der Waals surface area contributed by atoms with E-state index in [1.165, 1.54) is 0 Å². The number of nitrogens with zero attached hydrogens (tertiary/aromatic N) is 1. The zero-order chi connectivity index (χ0) is 12.3. The molecular formula is C15H12ClN. The molecular weight excluding hydrogens is 230 g/mol. The third-order valence-corrected chi connectivity index (χ3v) is 3.05. The molecule has 0 heterocycles. The highest BCUT2D eigenvalue weighted by molar-refractivity contribution is 6.30. The average Bonchev–Trinajstić information content (AvgIpc) is 2.33. The molecule has 0 spiro atoms. The number of hydrogen-bond acceptors (Lipinski definition) is 1. The Kier molecular flexibility index (Phi) is 3.46. The Morgan fingerprint density at radius 2 is 1.88 bits per heavy atom. The SMILES string of the molecule is Cc1ccccc1C(C#N)c1cccc(Cl)c1. The van der Waals surface area contributed by atoms with Crippen molar-refractivity contribution in [2.24, 2.45) is 0 Å². The monoisotopic (exact) mass is 241 g/mol. The summed E-state index contributed by atoms with van der Waals surface area (Å²) in [6.45, 7) is 2.02. The predicted octanol–water partition coefficient (Wildman–Crippen LogP) is 4.30. The largest absolute Gasteiger partial charge is 0.197 e. The molecule has 0 aromatic heterocycles. The second kappa shape index (κ2) is 5.03. The van der Waals surface area contributed by atoms with Crippen LogP contribution in [0.4, 0.5) is 0 Å². The van der Waals surface area contributed by atoms with Gasteiger partial charge in [0.25, 0.3) is 0 Å². The minimum atomic E-state index is -0.255. The molecule has 0 bridgehead atoms. The first kappa shape index (κ1) is 11.7. The van der Waals surface area contributed by atoms with Gasteiger partial charge in [0, 0.05) is 5.02 Å². The fourth-order valence-electron chi connectivity index (χ4n) is 1.92. The van der Waals surface area contributed by atoms with E-state index in [0.29, 0.717) is 5.02 Å². The lowest BCUT2D eigenvalue weighted by Crippen LogP contribution is -2.00. The first-order valence-electron chi connectivity index (χ1n) is 5.43. The molecule has 0 aliphatic carbocycles. The van der Waals surface area contributed by atoms with Crippen LogP contribution in [-0.4, -0.2) is 0 Å². The van der Waals surface area contributed by atoms with Crippen molar-refractivity contribution >= 4 is 11.6 Å². The first-order chi connectivity index (χ1) is 8.22. The zero-order valence-corrected chi connectivity index (χ0v) is 10.3. The molecule has 0 saturated heterocycles. The van der Waals surface area contributed by atoms with Gasteiger partial charge in [0.2, 0.25) is 0 Å². The smallest absolute Gasteiger partial charge is 0.0965 e. The summed E-state index contributed by atoms with van der Waals surface area (Å²) in [5.74, 6) is -0.255. The molecule has 0 N–H and O–H groups in total. The van der Waals surface area contributed by atoms with E-state index in [4.69, 9.17) is 11.6 Å². The quantitative estimate of drug-likeness (QED) is 0.769. The number of halogens is 1. The molecule has 1 nitrogen and oxygen atoms in total. The number of benzene rings is 2. The minimum absolute atomic E-state index is 0.255. The maximum absolute atomic E-state index is 9.36. The maximum Gasteiger partial charge on any atom is 0.0965 e. The topological polar surface area (TPSA) is 23.8 Å². The van der Waals surface area contributed by atoms with E-state index < -0.39 is 0 Å². The number of rotatable bonds is 2. The molecule has 0 fully saturated rings. The highest BCUT2D eigenvalue weighted by Crippen LogP contribution is 2.27. The van der Waals surface area contributed by atoms with Crippen LogP contribution >= 0.6 is 11.6 Å². The second-order valence-corrected chi connectivity index (χ2v) is 4.41. The molecule has 2 aromatic carbocycles. The van der Waals surface area contributed by atoms with Crippen molar-refractivity contribution in [3.05, 3.63) is 70.2 Å². The van der Waals surface area contributed by atoms with Crippen LogP contribution in [0.25, 0.3) is 0 Å². The maximum atomic E-state index is 9.36. The third kappa shape index (κ3) is 2.49. The van der Waals surface area contributed by atoms with E-state index in [1.807, 2.05) is 55.5 Å². The Bertz CT molecular complexity index is 569. The van der Waals surface area contributed by atoms with Crippen LogP contribution in [0.2, 0.25) is 5.02 Å². The zero-order valence-electron chi connectivity index (χ0n) is 9.52. The number of nitriles is 1. The summed E-state index contributed by atoms with van der Waals surface area (Å²) in [7, 11) is 0. The summed E-state index contributed by atoms with van der Waals surface area (Å²) in [6, 6.07) is 17.8. The van der Waals surface area contributed by atoms with Crippen molar-refractivity contribution in [1.29, 1.82) is 5.26 Å². The van der Waals surface area contributed by atoms with Crippen LogP contribution < -0.4 is 0 Å². The first-order valence-corrected chi connectivity index (χ1v) is 5.81. The predicted molar refractivity (Wildman–Crippen MR) is 70.1 cm³/mol. The average molecular weight is 242 g/mol. The highest BCUT2D eigenvalue weighted by Gasteiger charge is 2.15. The summed E-state index contributed by atoms with van der Waals surface area (Å²) in [5.41, 5.74) is 3.10. The van der Waals surface area contributed by atoms with Crippen LogP contribution in [0.3, 0.4) is 0 Å². The Labute approximate surface area is 106 Å². The van der Waals surface area contributed by atoms with Gasteiger partial charge >= 0.3 is 0 Å². The molecule has 1 unspecified atom stereocenters. The third-order valence-electron chi connectivity index (χ3n) is 2.81. The van der Waals surface area contributed by atoms with E-state index in [0.717, 1.165) is 16.7 Å². The molecule has 2 aromatic rings. The summed E-state index contributed by atoms with van der Waals surface area (Å²) in [5, 5.41) is 10.0. The van der Waals surface area contributed by atoms with Crippen LogP contribution in [0, 0.1) is 18.3 Å². The van der Waals surface area contributed by atoms with E-state index in [9.17, 15) is 5.26 Å². The van der Waals surface area contributed by atoms with E-state index in [-0.39, 0.29) is 5.92 Å². The second-order valence-electron chi connectivity index (χ2n) is 3.97. The molecule has 0 saturated carbocycles. The minimum Gasteiger partial charge on any atom is -0.197 e. The molecule has 0 aliphatic rings. The van der Waals surface area contributed by atoms with Gasteiger partial charge in [-0.25, -0.2) is 0 Å². The standard InChI is InChI=1S/C15H12ClN/c1-11-5-2-3-8-14(11)15(10-17)12-6-4-7-13(16)9-12/h2-9,15H,1H3. The fourth-order valence-corrected chi connectivity index (χ4v) is 2.12. The molecule has 1 atom stereocenters. The van der Waals surface area contributed by atoms with Gasteiger partial charge in [-0.3, -0.25) is 0 Å². The Hall–Kier alpha value is -1.78. The van der Waals surface area contributed by atoms with Gasteiger partial charge in [-0.1, -0.05) is 48.0 Å². The van der Waals surface area contributed by atoms with Crippen LogP contribution in [0.1, 0.15) is 22.6 Å². The van der Waals surface area contributed by atoms with Gasteiger partial charge in [0.1, 0.15) is 0 Å². The van der Waals surface area contributed by atoms with E-state index in [1.54, 1.807) is 0 Å². The van der Waals surface area contributed by atoms with Crippen molar-refractivity contribution in [1.82, 2.24) is 0 Å². The molecule has 0 amide bonds. The summed E-state index contributed by atoms with van der Waals surface area (Å²) in [4.78, 5) is 0. The van der Waals surface area contributed by atoms with Crippen LogP contribution in [0.15, 0.2) is 48.5 Å². The molecule has 17 heavy (non-hydrogen) atoms. The van der Waals surface area contributed by atoms with Crippen molar-refractivity contribution in [3.8, 4) is 6.07 Å². The summed E-state index contributed by atoms with van der Waals surface area (Å²) < 4.78 is 0. The van der Waals surface area contributed by atoms with Gasteiger partial charge < -0.3 is 0 Å². The van der Waals surface area contributed by atoms with Gasteiger partial charge in [-0.2, -0.15) is 5.26 Å². The summed E-state index contributed by atoms with van der Waals surface area (Å²) >= 11 is 5.96. The lowest BCUT2D eigenvalue weighted by molar-refractivity contribution is 1.02. The molecule has 2 heteroatoms. The van der Waals surface area contributed by atoms with Gasteiger partial charge in [0.15, 0.2) is 0 Å².